The van der Waals surface area contributed by atoms with Crippen LogP contribution in [0.4, 0.5) is 14.6 Å². The van der Waals surface area contributed by atoms with E-state index in [1.807, 2.05) is 41.1 Å². The average molecular weight is 621 g/mol. The number of fused-ring (bicyclic) bond motifs is 3. The van der Waals surface area contributed by atoms with E-state index in [0.29, 0.717) is 53.2 Å². The van der Waals surface area contributed by atoms with Crippen LogP contribution in [0.5, 0.6) is 6.01 Å². The molecule has 0 unspecified atom stereocenters. The van der Waals surface area contributed by atoms with E-state index in [9.17, 15) is 9.18 Å². The zero-order chi connectivity index (χ0) is 30.6. The molecular weight excluding hydrogens is 586 g/mol. The lowest BCUT2D eigenvalue weighted by Gasteiger charge is -2.38. The number of alkyl halides is 1. The smallest absolute Gasteiger partial charge is 0.319 e. The molecule has 0 bridgehead atoms. The topological polar surface area (TPSA) is 74.7 Å². The van der Waals surface area contributed by atoms with Gasteiger partial charge in [-0.1, -0.05) is 41.9 Å². The Balaban J connectivity index is 1.33. The molecular formula is C33H35ClF2N6O2. The van der Waals surface area contributed by atoms with E-state index in [1.165, 1.54) is 0 Å². The molecule has 0 spiro atoms. The summed E-state index contributed by atoms with van der Waals surface area (Å²) in [4.78, 5) is 32.2. The van der Waals surface area contributed by atoms with Gasteiger partial charge in [0.1, 0.15) is 29.8 Å². The molecule has 4 aromatic rings. The summed E-state index contributed by atoms with van der Waals surface area (Å²) in [5.74, 6) is -0.102. The number of rotatable bonds is 6. The minimum absolute atomic E-state index is 0.0221. The van der Waals surface area contributed by atoms with Gasteiger partial charge in [-0.05, 0) is 43.7 Å². The van der Waals surface area contributed by atoms with Crippen molar-refractivity contribution in [3.63, 3.8) is 0 Å². The number of anilines is 1. The van der Waals surface area contributed by atoms with Crippen molar-refractivity contribution in [1.82, 2.24) is 24.8 Å². The molecule has 1 amide bonds. The summed E-state index contributed by atoms with van der Waals surface area (Å²) in [5.41, 5.74) is 0.372. The number of likely N-dealkylation sites (tertiary alicyclic amines) is 1. The number of likely N-dealkylation sites (N-methyl/N-ethyl adjacent to an activating group) is 1. The van der Waals surface area contributed by atoms with Crippen LogP contribution >= 0.6 is 11.6 Å². The van der Waals surface area contributed by atoms with E-state index in [-0.39, 0.29) is 35.8 Å². The molecule has 3 aliphatic heterocycles. The number of carbonyl (C=O) groups is 1. The SMILES string of the molecule is CC(=O)N1CCC[C@@H](N(C)c2nc(OC[C@@]34CCCN3C[C@H](F)C4)nc3c(F)c(-c4cccc5cccc(Cl)c45)ncc23)C1. The molecule has 0 saturated carbocycles. The molecule has 44 heavy (non-hydrogen) atoms. The van der Waals surface area contributed by atoms with Gasteiger partial charge in [-0.3, -0.25) is 14.7 Å². The summed E-state index contributed by atoms with van der Waals surface area (Å²) in [5, 5.41) is 2.53. The van der Waals surface area contributed by atoms with Crippen LogP contribution in [-0.4, -0.2) is 88.2 Å². The Labute approximate surface area is 260 Å². The van der Waals surface area contributed by atoms with E-state index in [0.717, 1.165) is 37.6 Å². The molecule has 230 valence electrons. The highest BCUT2D eigenvalue weighted by Crippen LogP contribution is 2.41. The van der Waals surface area contributed by atoms with Gasteiger partial charge >= 0.3 is 6.01 Å². The fourth-order valence-electron chi connectivity index (χ4n) is 7.41. The number of hydrogen-bond donors (Lipinski definition) is 0. The average Bonchev–Trinajstić information content (AvgIpc) is 3.55. The van der Waals surface area contributed by atoms with Crippen LogP contribution in [0.3, 0.4) is 0 Å². The van der Waals surface area contributed by atoms with Crippen LogP contribution in [0.15, 0.2) is 42.6 Å². The highest BCUT2D eigenvalue weighted by Gasteiger charge is 2.49. The Hall–Kier alpha value is -3.63. The number of halogens is 3. The summed E-state index contributed by atoms with van der Waals surface area (Å²) in [6, 6.07) is 11.1. The summed E-state index contributed by atoms with van der Waals surface area (Å²) in [7, 11) is 1.90. The predicted octanol–water partition coefficient (Wildman–Crippen LogP) is 6.04. The van der Waals surface area contributed by atoms with Crippen molar-refractivity contribution < 1.29 is 18.3 Å². The molecule has 2 aromatic heterocycles. The van der Waals surface area contributed by atoms with Crippen LogP contribution in [0.1, 0.15) is 39.0 Å². The lowest BCUT2D eigenvalue weighted by molar-refractivity contribution is -0.129. The maximum Gasteiger partial charge on any atom is 0.319 e. The molecule has 0 radical (unpaired) electrons. The Morgan fingerprint density at radius 3 is 2.80 bits per heavy atom. The van der Waals surface area contributed by atoms with E-state index >= 15 is 4.39 Å². The minimum atomic E-state index is -0.896. The maximum atomic E-state index is 16.7. The van der Waals surface area contributed by atoms with Crippen molar-refractivity contribution in [2.75, 3.05) is 44.7 Å². The maximum absolute atomic E-state index is 16.7. The van der Waals surface area contributed by atoms with Crippen molar-refractivity contribution in [2.24, 2.45) is 0 Å². The normalized spacial score (nSPS) is 23.8. The van der Waals surface area contributed by atoms with Crippen molar-refractivity contribution in [3.8, 4) is 17.3 Å². The number of hydrogen-bond acceptors (Lipinski definition) is 7. The molecule has 3 atom stereocenters. The highest BCUT2D eigenvalue weighted by molar-refractivity contribution is 6.36. The van der Waals surface area contributed by atoms with Crippen LogP contribution < -0.4 is 9.64 Å². The van der Waals surface area contributed by atoms with E-state index in [1.54, 1.807) is 25.3 Å². The Morgan fingerprint density at radius 2 is 1.98 bits per heavy atom. The number of pyridine rings is 1. The first-order valence-electron chi connectivity index (χ1n) is 15.3. The summed E-state index contributed by atoms with van der Waals surface area (Å²) in [6.07, 6.45) is 4.62. The lowest BCUT2D eigenvalue weighted by atomic mass is 9.95. The quantitative estimate of drug-likeness (QED) is 0.260. The predicted molar refractivity (Wildman–Crippen MR) is 167 cm³/mol. The Morgan fingerprint density at radius 1 is 1.16 bits per heavy atom. The third-order valence-corrected chi connectivity index (χ3v) is 10.0. The number of benzene rings is 2. The third-order valence-electron chi connectivity index (χ3n) is 9.71. The van der Waals surface area contributed by atoms with E-state index in [2.05, 4.69) is 14.9 Å². The van der Waals surface area contributed by atoms with Gasteiger partial charge in [0.25, 0.3) is 0 Å². The molecule has 11 heteroatoms. The third kappa shape index (κ3) is 5.01. The van der Waals surface area contributed by atoms with Gasteiger partial charge in [-0.25, -0.2) is 8.78 Å². The number of amides is 1. The van der Waals surface area contributed by atoms with Gasteiger partial charge in [0.05, 0.1) is 10.9 Å². The molecule has 5 heterocycles. The standard InChI is InChI=1S/C33H35ClF2N6O2/c1-20(43)41-13-5-9-23(18-41)40(2)31-25-16-37-29(24-10-3-7-21-8-4-11-26(34)27(21)24)28(36)30(25)38-32(39-31)44-19-33-12-6-14-42(33)17-22(35)15-33/h3-4,7-8,10-11,16,22-23H,5-6,9,12-15,17-19H2,1-2H3/t22-,23-,33+/m1/s1. The van der Waals surface area contributed by atoms with Gasteiger partial charge < -0.3 is 14.5 Å². The fourth-order valence-corrected chi connectivity index (χ4v) is 7.70. The van der Waals surface area contributed by atoms with Gasteiger partial charge in [0, 0.05) is 68.2 Å². The summed E-state index contributed by atoms with van der Waals surface area (Å²) in [6.45, 7) is 4.28. The number of piperidine rings is 1. The zero-order valence-electron chi connectivity index (χ0n) is 24.9. The van der Waals surface area contributed by atoms with E-state index < -0.39 is 17.5 Å². The molecule has 0 aliphatic carbocycles. The Kier molecular flexibility index (Phi) is 7.53. The van der Waals surface area contributed by atoms with Crippen LogP contribution in [0, 0.1) is 5.82 Å². The number of ether oxygens (including phenoxy) is 1. The van der Waals surface area contributed by atoms with Crippen molar-refractivity contribution in [2.45, 2.75) is 56.8 Å². The van der Waals surface area contributed by atoms with Crippen LogP contribution in [0.25, 0.3) is 32.9 Å². The molecule has 3 saturated heterocycles. The van der Waals surface area contributed by atoms with Crippen molar-refractivity contribution in [3.05, 3.63) is 53.4 Å². The number of carbonyl (C=O) groups excluding carboxylic acids is 1. The molecule has 2 aromatic carbocycles. The molecule has 0 N–H and O–H groups in total. The van der Waals surface area contributed by atoms with Crippen LogP contribution in [-0.2, 0) is 4.79 Å². The van der Waals surface area contributed by atoms with E-state index in [4.69, 9.17) is 21.3 Å². The first kappa shape index (κ1) is 29.1. The second-order valence-electron chi connectivity index (χ2n) is 12.4. The van der Waals surface area contributed by atoms with Gasteiger partial charge in [0.2, 0.25) is 5.91 Å². The second-order valence-corrected chi connectivity index (χ2v) is 12.8. The molecule has 7 rings (SSSR count). The molecule has 8 nitrogen and oxygen atoms in total. The molecule has 3 aliphatic rings. The molecule has 3 fully saturated rings. The highest BCUT2D eigenvalue weighted by atomic mass is 35.5. The monoisotopic (exact) mass is 620 g/mol. The summed E-state index contributed by atoms with van der Waals surface area (Å²) < 4.78 is 37.4. The zero-order valence-corrected chi connectivity index (χ0v) is 25.7. The lowest BCUT2D eigenvalue weighted by Crippen LogP contribution is -2.48. The fraction of sp³-hybridized carbons (Fsp3) is 0.455. The first-order chi connectivity index (χ1) is 21.2. The number of aromatic nitrogens is 3. The minimum Gasteiger partial charge on any atom is -0.461 e. The Bertz CT molecular complexity index is 1750. The number of nitrogens with zero attached hydrogens (tertiary/aromatic N) is 6. The van der Waals surface area contributed by atoms with Crippen LogP contribution in [0.2, 0.25) is 5.02 Å². The first-order valence-corrected chi connectivity index (χ1v) is 15.7. The van der Waals surface area contributed by atoms with Gasteiger partial charge in [-0.2, -0.15) is 9.97 Å². The van der Waals surface area contributed by atoms with Gasteiger partial charge in [-0.15, -0.1) is 0 Å². The van der Waals surface area contributed by atoms with Gasteiger partial charge in [0.15, 0.2) is 5.82 Å². The van der Waals surface area contributed by atoms with Crippen molar-refractivity contribution in [1.29, 1.82) is 0 Å². The largest absolute Gasteiger partial charge is 0.461 e. The summed E-state index contributed by atoms with van der Waals surface area (Å²) >= 11 is 6.59. The van der Waals surface area contributed by atoms with Crippen molar-refractivity contribution >= 4 is 45.0 Å². The second kappa shape index (κ2) is 11.4.